The molecule has 0 radical (unpaired) electrons. The first kappa shape index (κ1) is 22.2. The highest BCUT2D eigenvalue weighted by atomic mass is 35.5. The number of carbonyl (C=O) groups excluding carboxylic acids is 1. The SMILES string of the molecule is CC(Cl)Cl.CCN(CC)CC.CCOC(C)=O. The van der Waals surface area contributed by atoms with Crippen molar-refractivity contribution in [3.8, 4) is 0 Å². The van der Waals surface area contributed by atoms with Crippen LogP contribution in [0, 0.1) is 0 Å². The van der Waals surface area contributed by atoms with Gasteiger partial charge in [-0.05, 0) is 33.5 Å². The molecular formula is C12H27Cl2NO2. The van der Waals surface area contributed by atoms with E-state index in [2.05, 4.69) is 30.4 Å². The first-order chi connectivity index (χ1) is 7.85. The third kappa shape index (κ3) is 38.7. The molecule has 3 nitrogen and oxygen atoms in total. The van der Waals surface area contributed by atoms with Crippen molar-refractivity contribution in [3.63, 3.8) is 0 Å². The fraction of sp³-hybridized carbons (Fsp3) is 0.917. The molecule has 17 heavy (non-hydrogen) atoms. The number of hydrogen-bond donors (Lipinski definition) is 0. The standard InChI is InChI=1S/C6H15N.C4H8O2.C2H4Cl2/c1-4-7(5-2)6-3;1-3-6-4(2)5;1-2(3)4/h4-6H2,1-3H3;3H2,1-2H3;2H,1H3. The van der Waals surface area contributed by atoms with Gasteiger partial charge in [0, 0.05) is 6.92 Å². The van der Waals surface area contributed by atoms with Crippen molar-refractivity contribution in [2.24, 2.45) is 0 Å². The lowest BCUT2D eigenvalue weighted by molar-refractivity contribution is -0.140. The van der Waals surface area contributed by atoms with Crippen LogP contribution in [0.1, 0.15) is 41.5 Å². The Bertz CT molecular complexity index is 143. The Labute approximate surface area is 116 Å². The molecule has 0 atom stereocenters. The molecular weight excluding hydrogens is 261 g/mol. The Morgan fingerprint density at radius 2 is 1.41 bits per heavy atom. The molecule has 0 aliphatic carbocycles. The van der Waals surface area contributed by atoms with E-state index in [1.54, 1.807) is 13.8 Å². The Morgan fingerprint density at radius 3 is 1.41 bits per heavy atom. The van der Waals surface area contributed by atoms with E-state index in [9.17, 15) is 4.79 Å². The van der Waals surface area contributed by atoms with Crippen molar-refractivity contribution in [2.45, 2.75) is 46.4 Å². The van der Waals surface area contributed by atoms with Crippen LogP contribution in [0.15, 0.2) is 0 Å². The summed E-state index contributed by atoms with van der Waals surface area (Å²) in [4.78, 5) is 12.0. The van der Waals surface area contributed by atoms with Crippen LogP contribution in [-0.2, 0) is 9.53 Å². The number of ether oxygens (including phenoxy) is 1. The quantitative estimate of drug-likeness (QED) is 0.583. The highest BCUT2D eigenvalue weighted by Gasteiger charge is 1.89. The Balaban J connectivity index is -0.000000180. The molecule has 0 spiro atoms. The third-order valence-electron chi connectivity index (χ3n) is 1.69. The molecule has 0 saturated heterocycles. The van der Waals surface area contributed by atoms with Crippen LogP contribution in [0.5, 0.6) is 0 Å². The van der Waals surface area contributed by atoms with Gasteiger partial charge in [0.05, 0.1) is 6.61 Å². The number of carbonyl (C=O) groups is 1. The Hall–Kier alpha value is 0.01000. The van der Waals surface area contributed by atoms with Gasteiger partial charge in [0.2, 0.25) is 0 Å². The van der Waals surface area contributed by atoms with Gasteiger partial charge in [0.15, 0.2) is 0 Å². The smallest absolute Gasteiger partial charge is 0.302 e. The number of esters is 1. The zero-order chi connectivity index (χ0) is 14.3. The molecule has 0 bridgehead atoms. The predicted octanol–water partition coefficient (Wildman–Crippen LogP) is 3.73. The molecule has 0 rings (SSSR count). The van der Waals surface area contributed by atoms with Crippen molar-refractivity contribution in [1.29, 1.82) is 0 Å². The van der Waals surface area contributed by atoms with E-state index in [0.29, 0.717) is 6.61 Å². The van der Waals surface area contributed by atoms with E-state index in [4.69, 9.17) is 23.2 Å². The van der Waals surface area contributed by atoms with Crippen molar-refractivity contribution >= 4 is 29.2 Å². The van der Waals surface area contributed by atoms with Crippen molar-refractivity contribution in [2.75, 3.05) is 26.2 Å². The van der Waals surface area contributed by atoms with Gasteiger partial charge < -0.3 is 9.64 Å². The van der Waals surface area contributed by atoms with Crippen molar-refractivity contribution in [1.82, 2.24) is 4.90 Å². The average molecular weight is 288 g/mol. The van der Waals surface area contributed by atoms with Crippen LogP contribution in [0.4, 0.5) is 0 Å². The normalized spacial score (nSPS) is 9.06. The number of nitrogens with zero attached hydrogens (tertiary/aromatic N) is 1. The summed E-state index contributed by atoms with van der Waals surface area (Å²) in [5.74, 6) is -0.211. The molecule has 5 heteroatoms. The van der Waals surface area contributed by atoms with Crippen LogP contribution in [-0.4, -0.2) is 41.9 Å². The van der Waals surface area contributed by atoms with Gasteiger partial charge >= 0.3 is 5.97 Å². The molecule has 0 aromatic heterocycles. The summed E-state index contributed by atoms with van der Waals surface area (Å²) in [6.45, 7) is 15.5. The first-order valence-electron chi connectivity index (χ1n) is 5.99. The van der Waals surface area contributed by atoms with Gasteiger partial charge in [-0.2, -0.15) is 0 Å². The third-order valence-corrected chi connectivity index (χ3v) is 1.69. The van der Waals surface area contributed by atoms with Gasteiger partial charge in [-0.3, -0.25) is 4.79 Å². The maximum atomic E-state index is 9.82. The van der Waals surface area contributed by atoms with E-state index < -0.39 is 0 Å². The van der Waals surface area contributed by atoms with Crippen molar-refractivity contribution in [3.05, 3.63) is 0 Å². The molecule has 0 aromatic rings. The molecule has 0 aliphatic heterocycles. The van der Waals surface area contributed by atoms with E-state index in [1.165, 1.54) is 26.6 Å². The molecule has 0 heterocycles. The summed E-state index contributed by atoms with van der Waals surface area (Å²) in [6.07, 6.45) is 0. The van der Waals surface area contributed by atoms with E-state index in [0.717, 1.165) is 0 Å². The fourth-order valence-electron chi connectivity index (χ4n) is 0.874. The minimum absolute atomic E-state index is 0.211. The van der Waals surface area contributed by atoms with Gasteiger partial charge in [0.25, 0.3) is 0 Å². The zero-order valence-electron chi connectivity index (χ0n) is 11.9. The maximum Gasteiger partial charge on any atom is 0.302 e. The zero-order valence-corrected chi connectivity index (χ0v) is 13.4. The number of hydrogen-bond acceptors (Lipinski definition) is 3. The topological polar surface area (TPSA) is 29.5 Å². The molecule has 0 aromatic carbocycles. The second-order valence-corrected chi connectivity index (χ2v) is 4.60. The van der Waals surface area contributed by atoms with Crippen LogP contribution < -0.4 is 0 Å². The van der Waals surface area contributed by atoms with E-state index in [-0.39, 0.29) is 10.8 Å². The fourth-order valence-corrected chi connectivity index (χ4v) is 0.874. The lowest BCUT2D eigenvalue weighted by atomic mass is 10.5. The number of rotatable bonds is 4. The molecule has 106 valence electrons. The minimum atomic E-state index is -0.222. The molecule has 0 N–H and O–H groups in total. The van der Waals surface area contributed by atoms with Gasteiger partial charge in [0.1, 0.15) is 4.84 Å². The van der Waals surface area contributed by atoms with Crippen LogP contribution in [0.2, 0.25) is 0 Å². The van der Waals surface area contributed by atoms with Crippen LogP contribution in [0.3, 0.4) is 0 Å². The second-order valence-electron chi connectivity index (χ2n) is 3.06. The Morgan fingerprint density at radius 1 is 1.12 bits per heavy atom. The lowest BCUT2D eigenvalue weighted by Gasteiger charge is -2.13. The Kier molecular flexibility index (Phi) is 24.0. The number of alkyl halides is 2. The summed E-state index contributed by atoms with van der Waals surface area (Å²) in [7, 11) is 0. The van der Waals surface area contributed by atoms with Crippen molar-refractivity contribution < 1.29 is 9.53 Å². The largest absolute Gasteiger partial charge is 0.466 e. The summed E-state index contributed by atoms with van der Waals surface area (Å²) in [5, 5.41) is 0. The second kappa shape index (κ2) is 18.4. The predicted molar refractivity (Wildman–Crippen MR) is 76.9 cm³/mol. The van der Waals surface area contributed by atoms with Gasteiger partial charge in [-0.15, -0.1) is 23.2 Å². The molecule has 0 unspecified atom stereocenters. The van der Waals surface area contributed by atoms with Crippen LogP contribution >= 0.6 is 23.2 Å². The summed E-state index contributed by atoms with van der Waals surface area (Å²) < 4.78 is 4.40. The maximum absolute atomic E-state index is 9.82. The summed E-state index contributed by atoms with van der Waals surface area (Å²) in [5.41, 5.74) is 0. The highest BCUT2D eigenvalue weighted by molar-refractivity contribution is 6.43. The molecule has 0 amide bonds. The minimum Gasteiger partial charge on any atom is -0.466 e. The average Bonchev–Trinajstić information content (AvgIpc) is 2.20. The summed E-state index contributed by atoms with van der Waals surface area (Å²) >= 11 is 10.1. The highest BCUT2D eigenvalue weighted by Crippen LogP contribution is 1.95. The van der Waals surface area contributed by atoms with Gasteiger partial charge in [-0.25, -0.2) is 0 Å². The lowest BCUT2D eigenvalue weighted by Crippen LogP contribution is -2.21. The molecule has 0 saturated carbocycles. The molecule has 0 aliphatic rings. The van der Waals surface area contributed by atoms with E-state index >= 15 is 0 Å². The van der Waals surface area contributed by atoms with Crippen LogP contribution in [0.25, 0.3) is 0 Å². The monoisotopic (exact) mass is 287 g/mol. The number of halogens is 2. The van der Waals surface area contributed by atoms with E-state index in [1.807, 2.05) is 0 Å². The summed E-state index contributed by atoms with van der Waals surface area (Å²) in [6, 6.07) is 0. The first-order valence-corrected chi connectivity index (χ1v) is 6.86. The molecule has 0 fully saturated rings. The van der Waals surface area contributed by atoms with Gasteiger partial charge in [-0.1, -0.05) is 20.8 Å².